The summed E-state index contributed by atoms with van der Waals surface area (Å²) in [5.41, 5.74) is 0.629. The standard InChI is InChI=1S/C11H14ClN5O/c12-11-15-14-10-6-5-9(16-17(10)11)13-7-1-3-8(18)4-2-7/h5-8,18H,1-4H2,(H,13,16)/t7-,8-. The molecule has 1 saturated carbocycles. The molecule has 7 heteroatoms. The first-order chi connectivity index (χ1) is 8.72. The SMILES string of the molecule is O[C@H]1CC[C@H](Nc2ccc3nnc(Cl)n3n2)CC1. The van der Waals surface area contributed by atoms with Crippen LogP contribution in [0.4, 0.5) is 5.82 Å². The molecule has 0 amide bonds. The van der Waals surface area contributed by atoms with Gasteiger partial charge in [0.1, 0.15) is 5.82 Å². The van der Waals surface area contributed by atoms with Gasteiger partial charge in [0.25, 0.3) is 0 Å². The molecule has 2 heterocycles. The Kier molecular flexibility index (Phi) is 3.05. The van der Waals surface area contributed by atoms with Crippen molar-refractivity contribution in [2.45, 2.75) is 37.8 Å². The van der Waals surface area contributed by atoms with Crippen molar-refractivity contribution in [3.8, 4) is 0 Å². The molecule has 2 N–H and O–H groups in total. The number of hydrogen-bond donors (Lipinski definition) is 2. The molecule has 96 valence electrons. The summed E-state index contributed by atoms with van der Waals surface area (Å²) in [6.45, 7) is 0. The molecule has 0 aliphatic heterocycles. The second-order valence-electron chi connectivity index (χ2n) is 4.61. The highest BCUT2D eigenvalue weighted by atomic mass is 35.5. The maximum absolute atomic E-state index is 9.46. The first kappa shape index (κ1) is 11.7. The first-order valence-corrected chi connectivity index (χ1v) is 6.43. The second kappa shape index (κ2) is 4.70. The molecule has 0 unspecified atom stereocenters. The van der Waals surface area contributed by atoms with Crippen LogP contribution in [0, 0.1) is 0 Å². The van der Waals surface area contributed by atoms with Gasteiger partial charge in [0.15, 0.2) is 5.65 Å². The summed E-state index contributed by atoms with van der Waals surface area (Å²) >= 11 is 5.87. The van der Waals surface area contributed by atoms with E-state index >= 15 is 0 Å². The average Bonchev–Trinajstić information content (AvgIpc) is 2.74. The zero-order valence-corrected chi connectivity index (χ0v) is 10.5. The van der Waals surface area contributed by atoms with Gasteiger partial charge in [-0.1, -0.05) is 0 Å². The predicted octanol–water partition coefficient (Wildman–Crippen LogP) is 1.49. The maximum atomic E-state index is 9.46. The van der Waals surface area contributed by atoms with Crippen LogP contribution in [-0.2, 0) is 0 Å². The summed E-state index contributed by atoms with van der Waals surface area (Å²) in [4.78, 5) is 0. The van der Waals surface area contributed by atoms with Crippen LogP contribution < -0.4 is 5.32 Å². The summed E-state index contributed by atoms with van der Waals surface area (Å²) in [5, 5.41) is 25.0. The van der Waals surface area contributed by atoms with Crippen molar-refractivity contribution >= 4 is 23.1 Å². The van der Waals surface area contributed by atoms with Crippen molar-refractivity contribution in [2.75, 3.05) is 5.32 Å². The van der Waals surface area contributed by atoms with E-state index in [0.29, 0.717) is 11.7 Å². The van der Waals surface area contributed by atoms with E-state index in [9.17, 15) is 5.11 Å². The molecule has 0 aromatic carbocycles. The molecule has 0 atom stereocenters. The van der Waals surface area contributed by atoms with Gasteiger partial charge >= 0.3 is 0 Å². The lowest BCUT2D eigenvalue weighted by Crippen LogP contribution is -2.28. The Bertz CT molecular complexity index is 549. The van der Waals surface area contributed by atoms with Crippen LogP contribution in [0.5, 0.6) is 0 Å². The number of fused-ring (bicyclic) bond motifs is 1. The van der Waals surface area contributed by atoms with Crippen molar-refractivity contribution < 1.29 is 5.11 Å². The third-order valence-corrected chi connectivity index (χ3v) is 3.51. The highest BCUT2D eigenvalue weighted by molar-refractivity contribution is 6.28. The summed E-state index contributed by atoms with van der Waals surface area (Å²) in [7, 11) is 0. The van der Waals surface area contributed by atoms with Crippen LogP contribution in [0.1, 0.15) is 25.7 Å². The van der Waals surface area contributed by atoms with Crippen LogP contribution >= 0.6 is 11.6 Å². The van der Waals surface area contributed by atoms with Gasteiger partial charge in [-0.2, -0.15) is 4.52 Å². The number of aromatic nitrogens is 4. The molecule has 0 saturated heterocycles. The molecular formula is C11H14ClN5O. The Labute approximate surface area is 109 Å². The van der Waals surface area contributed by atoms with Crippen molar-refractivity contribution in [1.29, 1.82) is 0 Å². The van der Waals surface area contributed by atoms with Crippen LogP contribution in [-0.4, -0.2) is 37.1 Å². The quantitative estimate of drug-likeness (QED) is 0.862. The van der Waals surface area contributed by atoms with E-state index in [1.165, 1.54) is 4.52 Å². The molecule has 18 heavy (non-hydrogen) atoms. The van der Waals surface area contributed by atoms with Crippen LogP contribution in [0.25, 0.3) is 5.65 Å². The molecule has 0 bridgehead atoms. The molecule has 2 aromatic heterocycles. The Morgan fingerprint density at radius 1 is 1.22 bits per heavy atom. The molecule has 3 rings (SSSR count). The smallest absolute Gasteiger partial charge is 0.246 e. The Balaban J connectivity index is 1.76. The number of aliphatic hydroxyl groups excluding tert-OH is 1. The third-order valence-electron chi connectivity index (χ3n) is 3.27. The Morgan fingerprint density at radius 2 is 2.00 bits per heavy atom. The van der Waals surface area contributed by atoms with E-state index in [1.54, 1.807) is 0 Å². The number of hydrogen-bond acceptors (Lipinski definition) is 5. The highest BCUT2D eigenvalue weighted by Gasteiger charge is 2.19. The molecule has 1 fully saturated rings. The lowest BCUT2D eigenvalue weighted by Gasteiger charge is -2.26. The summed E-state index contributed by atoms with van der Waals surface area (Å²) < 4.78 is 1.50. The topological polar surface area (TPSA) is 75.3 Å². The van der Waals surface area contributed by atoms with Gasteiger partial charge in [0.2, 0.25) is 5.28 Å². The molecule has 2 aromatic rings. The van der Waals surface area contributed by atoms with Gasteiger partial charge in [-0.15, -0.1) is 15.3 Å². The zero-order chi connectivity index (χ0) is 12.5. The number of nitrogens with zero attached hydrogens (tertiary/aromatic N) is 4. The van der Waals surface area contributed by atoms with Crippen molar-refractivity contribution in [2.24, 2.45) is 0 Å². The van der Waals surface area contributed by atoms with Gasteiger partial charge in [-0.25, -0.2) is 0 Å². The summed E-state index contributed by atoms with van der Waals surface area (Å²) in [5.74, 6) is 0.755. The van der Waals surface area contributed by atoms with Gasteiger partial charge in [0.05, 0.1) is 6.10 Å². The molecular weight excluding hydrogens is 254 g/mol. The fourth-order valence-electron chi connectivity index (χ4n) is 2.27. The first-order valence-electron chi connectivity index (χ1n) is 6.05. The second-order valence-corrected chi connectivity index (χ2v) is 4.95. The summed E-state index contributed by atoms with van der Waals surface area (Å²) in [6, 6.07) is 4.05. The normalized spacial score (nSPS) is 24.3. The van der Waals surface area contributed by atoms with Crippen molar-refractivity contribution in [3.63, 3.8) is 0 Å². The minimum atomic E-state index is -0.147. The van der Waals surface area contributed by atoms with Crippen LogP contribution in [0.2, 0.25) is 5.28 Å². The van der Waals surface area contributed by atoms with Crippen LogP contribution in [0.15, 0.2) is 12.1 Å². The maximum Gasteiger partial charge on any atom is 0.246 e. The fraction of sp³-hybridized carbons (Fsp3) is 0.545. The minimum absolute atomic E-state index is 0.147. The molecule has 1 aliphatic rings. The Morgan fingerprint density at radius 3 is 2.78 bits per heavy atom. The van der Waals surface area contributed by atoms with E-state index in [2.05, 4.69) is 20.6 Å². The van der Waals surface area contributed by atoms with E-state index in [-0.39, 0.29) is 11.4 Å². The van der Waals surface area contributed by atoms with Gasteiger partial charge in [-0.05, 0) is 49.4 Å². The number of aliphatic hydroxyl groups is 1. The molecule has 1 aliphatic carbocycles. The van der Waals surface area contributed by atoms with E-state index in [0.717, 1.165) is 31.5 Å². The van der Waals surface area contributed by atoms with Crippen LogP contribution in [0.3, 0.4) is 0 Å². The van der Waals surface area contributed by atoms with Gasteiger partial charge < -0.3 is 10.4 Å². The molecule has 6 nitrogen and oxygen atoms in total. The lowest BCUT2D eigenvalue weighted by molar-refractivity contribution is 0.126. The minimum Gasteiger partial charge on any atom is -0.393 e. The fourth-order valence-corrected chi connectivity index (χ4v) is 2.43. The van der Waals surface area contributed by atoms with E-state index < -0.39 is 0 Å². The van der Waals surface area contributed by atoms with Crippen molar-refractivity contribution in [1.82, 2.24) is 19.8 Å². The monoisotopic (exact) mass is 267 g/mol. The van der Waals surface area contributed by atoms with Crippen molar-refractivity contribution in [3.05, 3.63) is 17.4 Å². The predicted molar refractivity (Wildman–Crippen MR) is 67.7 cm³/mol. The molecule has 0 spiro atoms. The number of rotatable bonds is 2. The van der Waals surface area contributed by atoms with E-state index in [4.69, 9.17) is 11.6 Å². The van der Waals surface area contributed by atoms with Gasteiger partial charge in [0, 0.05) is 6.04 Å². The summed E-state index contributed by atoms with van der Waals surface area (Å²) in [6.07, 6.45) is 3.44. The Hall–Kier alpha value is -1.40. The zero-order valence-electron chi connectivity index (χ0n) is 9.75. The number of anilines is 1. The lowest BCUT2D eigenvalue weighted by atomic mass is 9.93. The third kappa shape index (κ3) is 2.26. The van der Waals surface area contributed by atoms with E-state index in [1.807, 2.05) is 12.1 Å². The number of nitrogens with one attached hydrogen (secondary N) is 1. The largest absolute Gasteiger partial charge is 0.393 e. The molecule has 0 radical (unpaired) electrons. The van der Waals surface area contributed by atoms with Gasteiger partial charge in [-0.3, -0.25) is 0 Å². The number of halogens is 1. The average molecular weight is 268 g/mol. The highest BCUT2D eigenvalue weighted by Crippen LogP contribution is 2.21.